The Bertz CT molecular complexity index is 177. The summed E-state index contributed by atoms with van der Waals surface area (Å²) >= 11 is 0. The molecule has 0 bridgehead atoms. The summed E-state index contributed by atoms with van der Waals surface area (Å²) < 4.78 is 0. The molecule has 0 aromatic heterocycles. The molecule has 0 aliphatic heterocycles. The molecule has 2 heteroatoms. The summed E-state index contributed by atoms with van der Waals surface area (Å²) in [6.07, 6.45) is 4.12. The summed E-state index contributed by atoms with van der Waals surface area (Å²) in [4.78, 5) is 21.3. The standard InChI is InChI=1S/C10H16O2/c1-7-3-4-9(8(2)5-11)10(7)6-12/h5-10H,3-4H2,1-2H3/t7-,8?,9+,10+/m0/s1. The van der Waals surface area contributed by atoms with Crippen LogP contribution in [0.2, 0.25) is 0 Å². The van der Waals surface area contributed by atoms with E-state index in [0.29, 0.717) is 11.8 Å². The second-order valence-corrected chi connectivity index (χ2v) is 3.93. The molecule has 0 spiro atoms. The van der Waals surface area contributed by atoms with E-state index in [2.05, 4.69) is 6.92 Å². The first-order valence-corrected chi connectivity index (χ1v) is 4.61. The molecule has 68 valence electrons. The Morgan fingerprint density at radius 3 is 2.50 bits per heavy atom. The van der Waals surface area contributed by atoms with Crippen LogP contribution >= 0.6 is 0 Å². The molecule has 1 unspecified atom stereocenters. The third-order valence-electron chi connectivity index (χ3n) is 3.15. The molecular formula is C10H16O2. The van der Waals surface area contributed by atoms with Crippen LogP contribution in [0.5, 0.6) is 0 Å². The summed E-state index contributed by atoms with van der Waals surface area (Å²) in [5.74, 6) is 0.931. The Balaban J connectivity index is 2.65. The van der Waals surface area contributed by atoms with Crippen molar-refractivity contribution in [2.24, 2.45) is 23.7 Å². The highest BCUT2D eigenvalue weighted by Crippen LogP contribution is 2.39. The van der Waals surface area contributed by atoms with Crippen LogP contribution in [0, 0.1) is 23.7 Å². The van der Waals surface area contributed by atoms with Gasteiger partial charge in [0.1, 0.15) is 12.6 Å². The van der Waals surface area contributed by atoms with Gasteiger partial charge in [0, 0.05) is 11.8 Å². The number of aldehydes is 2. The van der Waals surface area contributed by atoms with E-state index < -0.39 is 0 Å². The molecule has 0 N–H and O–H groups in total. The Morgan fingerprint density at radius 2 is 2.00 bits per heavy atom. The lowest BCUT2D eigenvalue weighted by molar-refractivity contribution is -0.116. The summed E-state index contributed by atoms with van der Waals surface area (Å²) in [6.45, 7) is 4.00. The predicted octanol–water partition coefficient (Wildman–Crippen LogP) is 1.68. The van der Waals surface area contributed by atoms with Gasteiger partial charge in [-0.05, 0) is 24.7 Å². The average Bonchev–Trinajstić information content (AvgIpc) is 2.45. The van der Waals surface area contributed by atoms with Crippen molar-refractivity contribution >= 4 is 12.6 Å². The largest absolute Gasteiger partial charge is 0.303 e. The van der Waals surface area contributed by atoms with Gasteiger partial charge in [0.25, 0.3) is 0 Å². The molecule has 1 fully saturated rings. The fourth-order valence-corrected chi connectivity index (χ4v) is 2.21. The van der Waals surface area contributed by atoms with Crippen LogP contribution in [0.4, 0.5) is 0 Å². The fourth-order valence-electron chi connectivity index (χ4n) is 2.21. The quantitative estimate of drug-likeness (QED) is 0.601. The number of hydrogen-bond donors (Lipinski definition) is 0. The van der Waals surface area contributed by atoms with E-state index >= 15 is 0 Å². The summed E-state index contributed by atoms with van der Waals surface area (Å²) in [5, 5.41) is 0. The number of rotatable bonds is 3. The van der Waals surface area contributed by atoms with E-state index in [9.17, 15) is 9.59 Å². The maximum Gasteiger partial charge on any atom is 0.123 e. The molecular weight excluding hydrogens is 152 g/mol. The molecule has 2 nitrogen and oxygen atoms in total. The molecule has 0 saturated heterocycles. The Kier molecular flexibility index (Phi) is 3.01. The zero-order valence-corrected chi connectivity index (χ0v) is 7.69. The average molecular weight is 168 g/mol. The second kappa shape index (κ2) is 3.83. The van der Waals surface area contributed by atoms with Crippen molar-refractivity contribution < 1.29 is 9.59 Å². The molecule has 1 saturated carbocycles. The van der Waals surface area contributed by atoms with Crippen molar-refractivity contribution in [3.05, 3.63) is 0 Å². The van der Waals surface area contributed by atoms with Gasteiger partial charge in [-0.15, -0.1) is 0 Å². The van der Waals surface area contributed by atoms with Crippen molar-refractivity contribution in [3.63, 3.8) is 0 Å². The van der Waals surface area contributed by atoms with E-state index in [4.69, 9.17) is 0 Å². The minimum Gasteiger partial charge on any atom is -0.303 e. The van der Waals surface area contributed by atoms with Crippen LogP contribution in [0.25, 0.3) is 0 Å². The number of carbonyl (C=O) groups is 2. The van der Waals surface area contributed by atoms with Gasteiger partial charge in [-0.1, -0.05) is 13.8 Å². The molecule has 0 amide bonds. The lowest BCUT2D eigenvalue weighted by Crippen LogP contribution is -2.21. The lowest BCUT2D eigenvalue weighted by atomic mass is 9.84. The molecule has 1 aliphatic carbocycles. The van der Waals surface area contributed by atoms with Crippen LogP contribution in [0.3, 0.4) is 0 Å². The highest BCUT2D eigenvalue weighted by Gasteiger charge is 2.35. The highest BCUT2D eigenvalue weighted by molar-refractivity contribution is 5.59. The van der Waals surface area contributed by atoms with Crippen LogP contribution < -0.4 is 0 Å². The van der Waals surface area contributed by atoms with E-state index in [0.717, 1.165) is 25.4 Å². The van der Waals surface area contributed by atoms with Crippen LogP contribution in [0.1, 0.15) is 26.7 Å². The van der Waals surface area contributed by atoms with Crippen molar-refractivity contribution in [1.82, 2.24) is 0 Å². The smallest absolute Gasteiger partial charge is 0.123 e. The molecule has 0 heterocycles. The van der Waals surface area contributed by atoms with E-state index in [1.54, 1.807) is 0 Å². The van der Waals surface area contributed by atoms with E-state index in [1.165, 1.54) is 0 Å². The van der Waals surface area contributed by atoms with Crippen LogP contribution in [-0.2, 0) is 9.59 Å². The summed E-state index contributed by atoms with van der Waals surface area (Å²) in [7, 11) is 0. The van der Waals surface area contributed by atoms with Crippen molar-refractivity contribution in [3.8, 4) is 0 Å². The van der Waals surface area contributed by atoms with E-state index in [1.807, 2.05) is 6.92 Å². The zero-order chi connectivity index (χ0) is 9.14. The second-order valence-electron chi connectivity index (χ2n) is 3.93. The first-order valence-electron chi connectivity index (χ1n) is 4.61. The van der Waals surface area contributed by atoms with Crippen LogP contribution in [0.15, 0.2) is 0 Å². The number of carbonyl (C=O) groups excluding carboxylic acids is 2. The molecule has 0 aromatic rings. The molecule has 1 aliphatic rings. The van der Waals surface area contributed by atoms with Gasteiger partial charge in [0.15, 0.2) is 0 Å². The predicted molar refractivity (Wildman–Crippen MR) is 46.7 cm³/mol. The molecule has 12 heavy (non-hydrogen) atoms. The van der Waals surface area contributed by atoms with Gasteiger partial charge in [-0.2, -0.15) is 0 Å². The minimum atomic E-state index is 0.0464. The molecule has 0 radical (unpaired) electrons. The van der Waals surface area contributed by atoms with Gasteiger partial charge in [-0.25, -0.2) is 0 Å². The lowest BCUT2D eigenvalue weighted by Gasteiger charge is -2.19. The van der Waals surface area contributed by atoms with Gasteiger partial charge in [-0.3, -0.25) is 0 Å². The Hall–Kier alpha value is -0.660. The Labute approximate surface area is 73.3 Å². The summed E-state index contributed by atoms with van der Waals surface area (Å²) in [5.41, 5.74) is 0. The van der Waals surface area contributed by atoms with Crippen molar-refractivity contribution in [2.75, 3.05) is 0 Å². The van der Waals surface area contributed by atoms with E-state index in [-0.39, 0.29) is 11.8 Å². The topological polar surface area (TPSA) is 34.1 Å². The highest BCUT2D eigenvalue weighted by atomic mass is 16.1. The summed E-state index contributed by atoms with van der Waals surface area (Å²) in [6, 6.07) is 0. The molecule has 4 atom stereocenters. The number of hydrogen-bond acceptors (Lipinski definition) is 2. The normalized spacial score (nSPS) is 37.7. The van der Waals surface area contributed by atoms with Crippen LogP contribution in [-0.4, -0.2) is 12.6 Å². The van der Waals surface area contributed by atoms with Gasteiger partial charge in [0.2, 0.25) is 0 Å². The van der Waals surface area contributed by atoms with Crippen molar-refractivity contribution in [1.29, 1.82) is 0 Å². The maximum atomic E-state index is 10.7. The zero-order valence-electron chi connectivity index (χ0n) is 7.69. The fraction of sp³-hybridized carbons (Fsp3) is 0.800. The third-order valence-corrected chi connectivity index (χ3v) is 3.15. The van der Waals surface area contributed by atoms with Crippen molar-refractivity contribution in [2.45, 2.75) is 26.7 Å². The molecule has 0 aromatic carbocycles. The molecule has 1 rings (SSSR count). The SMILES string of the molecule is CC(C=O)[C@H]1CC[C@H](C)[C@H]1C=O. The third kappa shape index (κ3) is 1.57. The first kappa shape index (κ1) is 9.43. The minimum absolute atomic E-state index is 0.0464. The first-order chi connectivity index (χ1) is 5.70. The Morgan fingerprint density at radius 1 is 1.33 bits per heavy atom. The van der Waals surface area contributed by atoms with Gasteiger partial charge in [0.05, 0.1) is 0 Å². The van der Waals surface area contributed by atoms with Gasteiger partial charge < -0.3 is 9.59 Å². The van der Waals surface area contributed by atoms with Gasteiger partial charge >= 0.3 is 0 Å². The maximum absolute atomic E-state index is 10.7. The monoisotopic (exact) mass is 168 g/mol.